The van der Waals surface area contributed by atoms with Gasteiger partial charge in [-0.25, -0.2) is 4.79 Å². The first-order valence-electron chi connectivity index (χ1n) is 7.19. The van der Waals surface area contributed by atoms with Crippen molar-refractivity contribution in [2.45, 2.75) is 20.0 Å². The summed E-state index contributed by atoms with van der Waals surface area (Å²) in [6.45, 7) is 3.66. The monoisotopic (exact) mass is 351 g/mol. The smallest absolute Gasteiger partial charge is 0.344 e. The summed E-state index contributed by atoms with van der Waals surface area (Å²) in [5, 5.41) is 19.8. The topological polar surface area (TPSA) is 110 Å². The van der Waals surface area contributed by atoms with E-state index in [1.54, 1.807) is 18.2 Å². The van der Waals surface area contributed by atoms with Crippen LogP contribution < -0.4 is 14.8 Å². The number of ether oxygens (including phenoxy) is 2. The van der Waals surface area contributed by atoms with E-state index in [4.69, 9.17) is 14.6 Å². The Labute approximate surface area is 142 Å². The van der Waals surface area contributed by atoms with E-state index in [2.05, 4.69) is 15.5 Å². The second-order valence-electron chi connectivity index (χ2n) is 4.72. The number of carboxylic acids is 1. The van der Waals surface area contributed by atoms with Gasteiger partial charge in [0, 0.05) is 0 Å². The number of carbonyl (C=O) groups excluding carboxylic acids is 1. The molecule has 1 aromatic rings. The zero-order valence-electron chi connectivity index (χ0n) is 13.2. The number of thioether (sulfide) groups is 1. The van der Waals surface area contributed by atoms with Gasteiger partial charge in [0.05, 0.1) is 18.6 Å². The van der Waals surface area contributed by atoms with Crippen LogP contribution in [0.4, 0.5) is 0 Å². The van der Waals surface area contributed by atoms with E-state index in [0.29, 0.717) is 34.6 Å². The third kappa shape index (κ3) is 4.98. The molecule has 0 radical (unpaired) electrons. The molecule has 0 saturated carbocycles. The molecule has 0 aromatic heterocycles. The molecular weight excluding hydrogens is 334 g/mol. The summed E-state index contributed by atoms with van der Waals surface area (Å²) in [7, 11) is 0. The van der Waals surface area contributed by atoms with Crippen molar-refractivity contribution in [1.29, 1.82) is 0 Å². The molecule has 1 unspecified atom stereocenters. The van der Waals surface area contributed by atoms with E-state index < -0.39 is 12.1 Å². The summed E-state index contributed by atoms with van der Waals surface area (Å²) in [6, 6.07) is 5.00. The van der Waals surface area contributed by atoms with Gasteiger partial charge in [-0.1, -0.05) is 11.8 Å². The van der Waals surface area contributed by atoms with Crippen LogP contribution in [0, 0.1) is 0 Å². The molecule has 0 spiro atoms. The van der Waals surface area contributed by atoms with Crippen molar-refractivity contribution in [2.24, 2.45) is 10.2 Å². The van der Waals surface area contributed by atoms with Crippen LogP contribution in [0.15, 0.2) is 28.4 Å². The Morgan fingerprint density at radius 3 is 2.92 bits per heavy atom. The third-order valence-corrected chi connectivity index (χ3v) is 3.72. The predicted octanol–water partition coefficient (Wildman–Crippen LogP) is 1.49. The predicted molar refractivity (Wildman–Crippen MR) is 91.0 cm³/mol. The van der Waals surface area contributed by atoms with Gasteiger partial charge in [-0.05, 0) is 37.6 Å². The van der Waals surface area contributed by atoms with Crippen LogP contribution in [0.3, 0.4) is 0 Å². The van der Waals surface area contributed by atoms with Crippen LogP contribution in [-0.4, -0.2) is 46.8 Å². The molecule has 8 nitrogen and oxygen atoms in total. The highest BCUT2D eigenvalue weighted by Crippen LogP contribution is 2.29. The number of nitrogens with one attached hydrogen (secondary N) is 1. The van der Waals surface area contributed by atoms with E-state index in [1.807, 2.05) is 6.92 Å². The molecule has 2 rings (SSSR count). The highest BCUT2D eigenvalue weighted by atomic mass is 32.2. The van der Waals surface area contributed by atoms with Crippen LogP contribution in [0.5, 0.6) is 11.5 Å². The Kier molecular flexibility index (Phi) is 6.19. The third-order valence-electron chi connectivity index (χ3n) is 2.86. The molecule has 1 heterocycles. The number of hydrogen-bond acceptors (Lipinski definition) is 7. The van der Waals surface area contributed by atoms with E-state index in [-0.39, 0.29) is 5.91 Å². The van der Waals surface area contributed by atoms with Crippen molar-refractivity contribution in [3.05, 3.63) is 23.8 Å². The van der Waals surface area contributed by atoms with Gasteiger partial charge in [0.15, 0.2) is 22.8 Å². The fraction of sp³-hybridized carbons (Fsp3) is 0.333. The molecule has 1 aliphatic rings. The molecule has 2 N–H and O–H groups in total. The van der Waals surface area contributed by atoms with Crippen molar-refractivity contribution in [3.63, 3.8) is 0 Å². The van der Waals surface area contributed by atoms with Crippen LogP contribution in [0.1, 0.15) is 19.4 Å². The number of benzene rings is 1. The first-order valence-corrected chi connectivity index (χ1v) is 8.18. The molecule has 9 heteroatoms. The van der Waals surface area contributed by atoms with Gasteiger partial charge in [-0.15, -0.1) is 5.10 Å². The molecule has 0 aliphatic carbocycles. The minimum atomic E-state index is -1.06. The number of amidine groups is 1. The molecular formula is C15H17N3O5S. The molecule has 1 aromatic carbocycles. The van der Waals surface area contributed by atoms with Crippen molar-refractivity contribution in [1.82, 2.24) is 5.32 Å². The minimum Gasteiger partial charge on any atom is -0.490 e. The summed E-state index contributed by atoms with van der Waals surface area (Å²) >= 11 is 1.28. The first-order chi connectivity index (χ1) is 11.5. The molecule has 128 valence electrons. The molecule has 1 atom stereocenters. The number of aliphatic carboxylic acids is 1. The number of amides is 1. The van der Waals surface area contributed by atoms with Crippen molar-refractivity contribution in [3.8, 4) is 11.5 Å². The van der Waals surface area contributed by atoms with Crippen LogP contribution >= 0.6 is 11.8 Å². The van der Waals surface area contributed by atoms with Gasteiger partial charge in [0.2, 0.25) is 5.91 Å². The highest BCUT2D eigenvalue weighted by molar-refractivity contribution is 8.15. The van der Waals surface area contributed by atoms with Gasteiger partial charge in [0.25, 0.3) is 0 Å². The van der Waals surface area contributed by atoms with E-state index in [1.165, 1.54) is 24.9 Å². The summed E-state index contributed by atoms with van der Waals surface area (Å²) < 4.78 is 10.8. The van der Waals surface area contributed by atoms with Crippen LogP contribution in [-0.2, 0) is 9.59 Å². The highest BCUT2D eigenvalue weighted by Gasteiger charge is 2.17. The van der Waals surface area contributed by atoms with E-state index >= 15 is 0 Å². The Morgan fingerprint density at radius 1 is 1.50 bits per heavy atom. The number of carboxylic acid groups (broad SMARTS) is 1. The lowest BCUT2D eigenvalue weighted by atomic mass is 10.2. The summed E-state index contributed by atoms with van der Waals surface area (Å²) in [6.07, 6.45) is 0.517. The molecule has 1 fully saturated rings. The average Bonchev–Trinajstić information content (AvgIpc) is 2.95. The fourth-order valence-electron chi connectivity index (χ4n) is 1.74. The molecule has 1 aliphatic heterocycles. The van der Waals surface area contributed by atoms with Crippen LogP contribution in [0.25, 0.3) is 0 Å². The molecule has 24 heavy (non-hydrogen) atoms. The normalized spacial score (nSPS) is 17.1. The Morgan fingerprint density at radius 2 is 2.29 bits per heavy atom. The second kappa shape index (κ2) is 8.34. The zero-order valence-corrected chi connectivity index (χ0v) is 14.0. The zero-order chi connectivity index (χ0) is 17.5. The standard InChI is InChI=1S/C15H17N3O5S/c1-3-22-12-6-10(4-5-11(12)23-9(2)14(20)21)7-16-18-15-17-13(19)8-24-15/h4-7,9H,3,8H2,1-2H3,(H,20,21)(H,17,18,19). The van der Waals surface area contributed by atoms with Crippen molar-refractivity contribution < 1.29 is 24.2 Å². The quantitative estimate of drug-likeness (QED) is 0.569. The Balaban J connectivity index is 2.12. The summed E-state index contributed by atoms with van der Waals surface area (Å²) in [5.74, 6) is -0.0485. The van der Waals surface area contributed by atoms with Crippen LogP contribution in [0.2, 0.25) is 0 Å². The lowest BCUT2D eigenvalue weighted by Crippen LogP contribution is -2.23. The average molecular weight is 351 g/mol. The van der Waals surface area contributed by atoms with E-state index in [0.717, 1.165) is 0 Å². The minimum absolute atomic E-state index is 0.0957. The summed E-state index contributed by atoms with van der Waals surface area (Å²) in [5.41, 5.74) is 0.701. The first kappa shape index (κ1) is 17.8. The number of nitrogens with zero attached hydrogens (tertiary/aromatic N) is 2. The van der Waals surface area contributed by atoms with Gasteiger partial charge < -0.3 is 19.9 Å². The number of hydrogen-bond donors (Lipinski definition) is 2. The lowest BCUT2D eigenvalue weighted by molar-refractivity contribution is -0.144. The Hall–Kier alpha value is -2.55. The van der Waals surface area contributed by atoms with Gasteiger partial charge in [-0.3, -0.25) is 4.79 Å². The van der Waals surface area contributed by atoms with E-state index in [9.17, 15) is 9.59 Å². The van der Waals surface area contributed by atoms with Crippen molar-refractivity contribution >= 4 is 35.0 Å². The fourth-order valence-corrected chi connectivity index (χ4v) is 2.37. The van der Waals surface area contributed by atoms with Gasteiger partial charge in [-0.2, -0.15) is 5.10 Å². The molecule has 1 saturated heterocycles. The second-order valence-corrected chi connectivity index (χ2v) is 5.69. The Bertz CT molecular complexity index is 690. The largest absolute Gasteiger partial charge is 0.490 e. The van der Waals surface area contributed by atoms with Gasteiger partial charge in [0.1, 0.15) is 0 Å². The SMILES string of the molecule is CCOc1cc(C=NN=C2NC(=O)CS2)ccc1OC(C)C(=O)O. The summed E-state index contributed by atoms with van der Waals surface area (Å²) in [4.78, 5) is 21.9. The molecule has 1 amide bonds. The number of rotatable bonds is 7. The number of carbonyl (C=O) groups is 2. The maximum Gasteiger partial charge on any atom is 0.344 e. The maximum atomic E-state index is 11.0. The lowest BCUT2D eigenvalue weighted by Gasteiger charge is -2.14. The van der Waals surface area contributed by atoms with Gasteiger partial charge >= 0.3 is 5.97 Å². The maximum absolute atomic E-state index is 11.0. The molecule has 0 bridgehead atoms. The van der Waals surface area contributed by atoms with Crippen molar-refractivity contribution in [2.75, 3.05) is 12.4 Å².